The first-order valence-corrected chi connectivity index (χ1v) is 7.08. The van der Waals surface area contributed by atoms with Gasteiger partial charge in [-0.05, 0) is 24.3 Å². The predicted molar refractivity (Wildman–Crippen MR) is 84.7 cm³/mol. The van der Waals surface area contributed by atoms with Gasteiger partial charge in [-0.3, -0.25) is 9.78 Å². The molecule has 1 heterocycles. The molecule has 1 aromatic carbocycles. The number of methoxy groups -OCH3 is 1. The van der Waals surface area contributed by atoms with Crippen LogP contribution in [0.15, 0.2) is 48.7 Å². The van der Waals surface area contributed by atoms with Crippen LogP contribution in [0.4, 0.5) is 8.78 Å². The number of carbonyl (C=O) groups excluding carboxylic acids is 1. The third-order valence-electron chi connectivity index (χ3n) is 3.02. The number of amides is 1. The van der Waals surface area contributed by atoms with Gasteiger partial charge < -0.3 is 14.8 Å². The number of pyridine rings is 1. The molecule has 126 valence electrons. The first-order valence-electron chi connectivity index (χ1n) is 7.08. The van der Waals surface area contributed by atoms with Crippen molar-refractivity contribution in [1.29, 1.82) is 0 Å². The maximum absolute atomic E-state index is 12.5. The van der Waals surface area contributed by atoms with Crippen molar-refractivity contribution in [3.8, 4) is 11.5 Å². The molecule has 0 atom stereocenters. The molecular weight excluding hydrogens is 318 g/mol. The van der Waals surface area contributed by atoms with Crippen LogP contribution in [0.5, 0.6) is 11.5 Å². The summed E-state index contributed by atoms with van der Waals surface area (Å²) >= 11 is 0. The molecule has 2 rings (SSSR count). The molecule has 0 aliphatic carbocycles. The van der Waals surface area contributed by atoms with E-state index >= 15 is 0 Å². The van der Waals surface area contributed by atoms with E-state index < -0.39 is 6.61 Å². The van der Waals surface area contributed by atoms with Gasteiger partial charge in [0.05, 0.1) is 19.3 Å². The summed E-state index contributed by atoms with van der Waals surface area (Å²) in [6.07, 6.45) is 4.24. The molecule has 0 bridgehead atoms. The lowest BCUT2D eigenvalue weighted by Gasteiger charge is -2.12. The van der Waals surface area contributed by atoms with E-state index in [1.165, 1.54) is 25.3 Å². The molecule has 1 aromatic heterocycles. The third kappa shape index (κ3) is 5.05. The molecule has 0 saturated heterocycles. The highest BCUT2D eigenvalue weighted by Gasteiger charge is 2.13. The SMILES string of the molecule is COc1cccc(/C=C/C(=O)NCc2ccccn2)c1OC(F)F. The lowest BCUT2D eigenvalue weighted by molar-refractivity contribution is -0.116. The standard InChI is InChI=1S/C17H16F2N2O3/c1-23-14-7-4-5-12(16(14)24-17(18)19)8-9-15(22)21-11-13-6-2-3-10-20-13/h2-10,17H,11H2,1H3,(H,21,22)/b9-8+. The molecule has 0 spiro atoms. The Morgan fingerprint density at radius 2 is 2.12 bits per heavy atom. The van der Waals surface area contributed by atoms with Gasteiger partial charge in [0.25, 0.3) is 0 Å². The highest BCUT2D eigenvalue weighted by molar-refractivity contribution is 5.92. The van der Waals surface area contributed by atoms with Gasteiger partial charge >= 0.3 is 6.61 Å². The second kappa shape index (κ2) is 8.61. The summed E-state index contributed by atoms with van der Waals surface area (Å²) in [6.45, 7) is -2.73. The summed E-state index contributed by atoms with van der Waals surface area (Å²) < 4.78 is 34.5. The summed E-state index contributed by atoms with van der Waals surface area (Å²) in [7, 11) is 1.35. The third-order valence-corrected chi connectivity index (χ3v) is 3.02. The minimum Gasteiger partial charge on any atom is -0.493 e. The van der Waals surface area contributed by atoms with Crippen molar-refractivity contribution < 1.29 is 23.0 Å². The quantitative estimate of drug-likeness (QED) is 0.791. The van der Waals surface area contributed by atoms with Gasteiger partial charge in [-0.2, -0.15) is 8.78 Å². The van der Waals surface area contributed by atoms with E-state index in [1.807, 2.05) is 6.07 Å². The van der Waals surface area contributed by atoms with Crippen molar-refractivity contribution in [3.05, 3.63) is 59.9 Å². The fourth-order valence-corrected chi connectivity index (χ4v) is 1.94. The van der Waals surface area contributed by atoms with Crippen LogP contribution in [0.2, 0.25) is 0 Å². The largest absolute Gasteiger partial charge is 0.493 e. The predicted octanol–water partition coefficient (Wildman–Crippen LogP) is 3.02. The summed E-state index contributed by atoms with van der Waals surface area (Å²) in [5.41, 5.74) is 1.02. The number of para-hydroxylation sites is 1. The Balaban J connectivity index is 2.06. The number of halogens is 2. The van der Waals surface area contributed by atoms with Crippen LogP contribution < -0.4 is 14.8 Å². The summed E-state index contributed by atoms with van der Waals surface area (Å²) in [5, 5.41) is 2.65. The van der Waals surface area contributed by atoms with E-state index in [2.05, 4.69) is 15.0 Å². The molecule has 0 radical (unpaired) electrons. The Morgan fingerprint density at radius 1 is 1.29 bits per heavy atom. The summed E-state index contributed by atoms with van der Waals surface area (Å²) in [5.74, 6) is -0.346. The van der Waals surface area contributed by atoms with Gasteiger partial charge in [-0.1, -0.05) is 18.2 Å². The highest BCUT2D eigenvalue weighted by atomic mass is 19.3. The maximum Gasteiger partial charge on any atom is 0.387 e. The van der Waals surface area contributed by atoms with Crippen LogP contribution in [0.3, 0.4) is 0 Å². The zero-order chi connectivity index (χ0) is 17.4. The lowest BCUT2D eigenvalue weighted by Crippen LogP contribution is -2.20. The van der Waals surface area contributed by atoms with Gasteiger partial charge in [-0.25, -0.2) is 0 Å². The van der Waals surface area contributed by atoms with Gasteiger partial charge in [0.1, 0.15) is 0 Å². The number of hydrogen-bond acceptors (Lipinski definition) is 4. The average Bonchev–Trinajstić information content (AvgIpc) is 2.59. The topological polar surface area (TPSA) is 60.5 Å². The van der Waals surface area contributed by atoms with E-state index in [4.69, 9.17) is 4.74 Å². The van der Waals surface area contributed by atoms with Gasteiger partial charge in [0, 0.05) is 17.8 Å². The van der Waals surface area contributed by atoms with E-state index in [0.29, 0.717) is 11.3 Å². The van der Waals surface area contributed by atoms with Crippen LogP contribution in [-0.2, 0) is 11.3 Å². The number of hydrogen-bond donors (Lipinski definition) is 1. The minimum atomic E-state index is -2.99. The minimum absolute atomic E-state index is 0.122. The maximum atomic E-state index is 12.5. The highest BCUT2D eigenvalue weighted by Crippen LogP contribution is 2.33. The molecule has 0 aliphatic rings. The summed E-state index contributed by atoms with van der Waals surface area (Å²) in [6, 6.07) is 10.0. The van der Waals surface area contributed by atoms with E-state index in [1.54, 1.807) is 30.5 Å². The molecule has 1 amide bonds. The Bertz CT molecular complexity index is 706. The Morgan fingerprint density at radius 3 is 2.79 bits per heavy atom. The molecular formula is C17H16F2N2O3. The van der Waals surface area contributed by atoms with Crippen molar-refractivity contribution in [2.45, 2.75) is 13.2 Å². The smallest absolute Gasteiger partial charge is 0.387 e. The van der Waals surface area contributed by atoms with Gasteiger partial charge in [0.2, 0.25) is 5.91 Å². The van der Waals surface area contributed by atoms with Crippen LogP contribution in [0.25, 0.3) is 6.08 Å². The molecule has 7 heteroatoms. The van der Waals surface area contributed by atoms with E-state index in [0.717, 1.165) is 0 Å². The van der Waals surface area contributed by atoms with Crippen LogP contribution in [-0.4, -0.2) is 24.6 Å². The Labute approximate surface area is 137 Å². The molecule has 2 aromatic rings. The zero-order valence-electron chi connectivity index (χ0n) is 12.9. The van der Waals surface area contributed by atoms with Crippen LogP contribution in [0, 0.1) is 0 Å². The number of alkyl halides is 2. The molecule has 0 aliphatic heterocycles. The Hall–Kier alpha value is -2.96. The second-order valence-corrected chi connectivity index (χ2v) is 4.63. The first-order chi connectivity index (χ1) is 11.6. The molecule has 0 saturated carbocycles. The fourth-order valence-electron chi connectivity index (χ4n) is 1.94. The number of benzene rings is 1. The number of aromatic nitrogens is 1. The van der Waals surface area contributed by atoms with Crippen LogP contribution in [0.1, 0.15) is 11.3 Å². The average molecular weight is 334 g/mol. The monoisotopic (exact) mass is 334 g/mol. The number of ether oxygens (including phenoxy) is 2. The number of nitrogens with zero attached hydrogens (tertiary/aromatic N) is 1. The van der Waals surface area contributed by atoms with Crippen molar-refractivity contribution in [2.75, 3.05) is 7.11 Å². The molecule has 0 fully saturated rings. The summed E-state index contributed by atoms with van der Waals surface area (Å²) in [4.78, 5) is 15.9. The Kier molecular flexibility index (Phi) is 6.24. The molecule has 1 N–H and O–H groups in total. The van der Waals surface area contributed by atoms with Gasteiger partial charge in [-0.15, -0.1) is 0 Å². The number of rotatable bonds is 7. The number of nitrogens with one attached hydrogen (secondary N) is 1. The lowest BCUT2D eigenvalue weighted by atomic mass is 10.1. The first kappa shape index (κ1) is 17.4. The molecule has 5 nitrogen and oxygen atoms in total. The van der Waals surface area contributed by atoms with Crippen molar-refractivity contribution in [2.24, 2.45) is 0 Å². The molecule has 0 unspecified atom stereocenters. The normalized spacial score (nSPS) is 10.8. The van der Waals surface area contributed by atoms with Gasteiger partial charge in [0.15, 0.2) is 11.5 Å². The second-order valence-electron chi connectivity index (χ2n) is 4.63. The van der Waals surface area contributed by atoms with Crippen LogP contribution >= 0.6 is 0 Å². The zero-order valence-corrected chi connectivity index (χ0v) is 12.9. The van der Waals surface area contributed by atoms with Crippen molar-refractivity contribution >= 4 is 12.0 Å². The molecule has 24 heavy (non-hydrogen) atoms. The van der Waals surface area contributed by atoms with Crippen molar-refractivity contribution in [3.63, 3.8) is 0 Å². The van der Waals surface area contributed by atoms with E-state index in [-0.39, 0.29) is 24.0 Å². The van der Waals surface area contributed by atoms with Crippen molar-refractivity contribution in [1.82, 2.24) is 10.3 Å². The van der Waals surface area contributed by atoms with E-state index in [9.17, 15) is 13.6 Å². The number of carbonyl (C=O) groups is 1. The fraction of sp³-hybridized carbons (Fsp3) is 0.176.